The van der Waals surface area contributed by atoms with Gasteiger partial charge < -0.3 is 5.73 Å². The van der Waals surface area contributed by atoms with Crippen LogP contribution in [0.4, 0.5) is 0 Å². The Labute approximate surface area is 57.6 Å². The maximum absolute atomic E-state index is 6.03. The van der Waals surface area contributed by atoms with Crippen molar-refractivity contribution in [1.29, 1.82) is 0 Å². The van der Waals surface area contributed by atoms with Gasteiger partial charge >= 0.3 is 0 Å². The van der Waals surface area contributed by atoms with Gasteiger partial charge in [-0.15, -0.1) is 0 Å². The van der Waals surface area contributed by atoms with E-state index in [2.05, 4.69) is 13.8 Å². The van der Waals surface area contributed by atoms with Crippen molar-refractivity contribution in [3.8, 4) is 0 Å². The molecule has 0 bridgehead atoms. The van der Waals surface area contributed by atoms with Crippen LogP contribution in [0.3, 0.4) is 0 Å². The minimum Gasteiger partial charge on any atom is -0.325 e. The van der Waals surface area contributed by atoms with Crippen LogP contribution >= 0.6 is 0 Å². The van der Waals surface area contributed by atoms with Crippen LogP contribution in [0.1, 0.15) is 39.5 Å². The molecule has 0 unspecified atom stereocenters. The van der Waals surface area contributed by atoms with Crippen molar-refractivity contribution in [1.82, 2.24) is 0 Å². The summed E-state index contributed by atoms with van der Waals surface area (Å²) < 4.78 is 0. The molecule has 1 rings (SSSR count). The predicted octanol–water partition coefficient (Wildman–Crippen LogP) is 1.91. The fourth-order valence-electron chi connectivity index (χ4n) is 1.93. The van der Waals surface area contributed by atoms with Crippen LogP contribution in [0, 0.1) is 5.92 Å². The van der Waals surface area contributed by atoms with Gasteiger partial charge in [0.2, 0.25) is 0 Å². The highest BCUT2D eigenvalue weighted by molar-refractivity contribution is 4.91. The van der Waals surface area contributed by atoms with E-state index in [0.29, 0.717) is 0 Å². The average Bonchev–Trinajstić information content (AvgIpc) is 2.08. The third-order valence-electron chi connectivity index (χ3n) is 2.69. The molecule has 0 heterocycles. The molecule has 0 aromatic heterocycles. The van der Waals surface area contributed by atoms with Crippen molar-refractivity contribution >= 4 is 0 Å². The standard InChI is InChI=1S/C8H17N/c1-3-7-5-4-6-8(7,2)9/h7H,3-6,9H2,1-2H3/t7-,8-/m0/s1. The lowest BCUT2D eigenvalue weighted by atomic mass is 9.88. The molecule has 0 aromatic carbocycles. The number of hydrogen-bond acceptors (Lipinski definition) is 1. The first-order valence-electron chi connectivity index (χ1n) is 3.95. The fourth-order valence-corrected chi connectivity index (χ4v) is 1.93. The van der Waals surface area contributed by atoms with Crippen LogP contribution in [-0.2, 0) is 0 Å². The molecule has 1 aliphatic carbocycles. The van der Waals surface area contributed by atoms with Crippen molar-refractivity contribution in [3.05, 3.63) is 0 Å². The molecule has 1 aliphatic rings. The van der Waals surface area contributed by atoms with Crippen LogP contribution in [0.5, 0.6) is 0 Å². The molecule has 1 fully saturated rings. The maximum atomic E-state index is 6.03. The highest BCUT2D eigenvalue weighted by Crippen LogP contribution is 2.34. The van der Waals surface area contributed by atoms with Gasteiger partial charge in [0.1, 0.15) is 0 Å². The van der Waals surface area contributed by atoms with Gasteiger partial charge in [0, 0.05) is 5.54 Å². The number of hydrogen-bond donors (Lipinski definition) is 1. The van der Waals surface area contributed by atoms with E-state index in [4.69, 9.17) is 5.73 Å². The molecule has 0 radical (unpaired) electrons. The smallest absolute Gasteiger partial charge is 0.0154 e. The van der Waals surface area contributed by atoms with E-state index in [1.807, 2.05) is 0 Å². The highest BCUT2D eigenvalue weighted by Gasteiger charge is 2.33. The third-order valence-corrected chi connectivity index (χ3v) is 2.69. The molecular formula is C8H17N. The van der Waals surface area contributed by atoms with Gasteiger partial charge in [-0.25, -0.2) is 0 Å². The molecule has 1 heteroatoms. The number of rotatable bonds is 1. The topological polar surface area (TPSA) is 26.0 Å². The first-order chi connectivity index (χ1) is 4.17. The summed E-state index contributed by atoms with van der Waals surface area (Å²) in [7, 11) is 0. The monoisotopic (exact) mass is 127 g/mol. The Morgan fingerprint density at radius 2 is 2.33 bits per heavy atom. The van der Waals surface area contributed by atoms with Crippen molar-refractivity contribution < 1.29 is 0 Å². The van der Waals surface area contributed by atoms with E-state index < -0.39 is 0 Å². The largest absolute Gasteiger partial charge is 0.325 e. The molecule has 0 aliphatic heterocycles. The second-order valence-electron chi connectivity index (χ2n) is 3.50. The zero-order chi connectivity index (χ0) is 6.91. The summed E-state index contributed by atoms with van der Waals surface area (Å²) in [5, 5.41) is 0. The average molecular weight is 127 g/mol. The summed E-state index contributed by atoms with van der Waals surface area (Å²) in [5.41, 5.74) is 6.19. The van der Waals surface area contributed by atoms with Crippen LogP contribution < -0.4 is 5.73 Å². The highest BCUT2D eigenvalue weighted by atomic mass is 14.8. The summed E-state index contributed by atoms with van der Waals surface area (Å²) in [6, 6.07) is 0. The first-order valence-corrected chi connectivity index (χ1v) is 3.95. The third kappa shape index (κ3) is 1.26. The summed E-state index contributed by atoms with van der Waals surface area (Å²) in [5.74, 6) is 0.789. The van der Waals surface area contributed by atoms with Crippen molar-refractivity contribution in [2.45, 2.75) is 45.1 Å². The lowest BCUT2D eigenvalue weighted by Crippen LogP contribution is -2.39. The van der Waals surface area contributed by atoms with Gasteiger partial charge in [-0.2, -0.15) is 0 Å². The Morgan fingerprint density at radius 1 is 1.67 bits per heavy atom. The second kappa shape index (κ2) is 2.30. The first kappa shape index (κ1) is 7.07. The van der Waals surface area contributed by atoms with Crippen LogP contribution in [-0.4, -0.2) is 5.54 Å². The van der Waals surface area contributed by atoms with Crippen molar-refractivity contribution in [3.63, 3.8) is 0 Å². The summed E-state index contributed by atoms with van der Waals surface area (Å²) in [6.07, 6.45) is 5.17. The van der Waals surface area contributed by atoms with Gasteiger partial charge in [-0.3, -0.25) is 0 Å². The molecule has 0 saturated heterocycles. The minimum atomic E-state index is 0.161. The van der Waals surface area contributed by atoms with Crippen LogP contribution in [0.25, 0.3) is 0 Å². The van der Waals surface area contributed by atoms with E-state index in [-0.39, 0.29) is 5.54 Å². The Morgan fingerprint density at radius 3 is 2.56 bits per heavy atom. The second-order valence-corrected chi connectivity index (χ2v) is 3.50. The zero-order valence-corrected chi connectivity index (χ0v) is 6.48. The van der Waals surface area contributed by atoms with Gasteiger partial charge in [-0.05, 0) is 25.7 Å². The maximum Gasteiger partial charge on any atom is 0.0154 e. The van der Waals surface area contributed by atoms with Gasteiger partial charge in [0.15, 0.2) is 0 Å². The zero-order valence-electron chi connectivity index (χ0n) is 6.48. The lowest BCUT2D eigenvalue weighted by molar-refractivity contribution is 0.337. The molecule has 1 nitrogen and oxygen atoms in total. The normalized spacial score (nSPS) is 43.7. The minimum absolute atomic E-state index is 0.161. The Hall–Kier alpha value is -0.0400. The summed E-state index contributed by atoms with van der Waals surface area (Å²) in [6.45, 7) is 4.43. The molecule has 54 valence electrons. The van der Waals surface area contributed by atoms with E-state index >= 15 is 0 Å². The van der Waals surface area contributed by atoms with E-state index in [1.54, 1.807) is 0 Å². The Balaban J connectivity index is 2.52. The Kier molecular flexibility index (Phi) is 1.80. The molecule has 2 atom stereocenters. The van der Waals surface area contributed by atoms with E-state index in [9.17, 15) is 0 Å². The molecule has 9 heavy (non-hydrogen) atoms. The molecule has 1 saturated carbocycles. The molecule has 0 spiro atoms. The Bertz CT molecular complexity index is 96.7. The predicted molar refractivity (Wildman–Crippen MR) is 40.2 cm³/mol. The van der Waals surface area contributed by atoms with Crippen molar-refractivity contribution in [2.24, 2.45) is 11.7 Å². The fraction of sp³-hybridized carbons (Fsp3) is 1.00. The van der Waals surface area contributed by atoms with Crippen LogP contribution in [0.2, 0.25) is 0 Å². The summed E-state index contributed by atoms with van der Waals surface area (Å²) in [4.78, 5) is 0. The van der Waals surface area contributed by atoms with Gasteiger partial charge in [0.05, 0.1) is 0 Å². The van der Waals surface area contributed by atoms with Gasteiger partial charge in [-0.1, -0.05) is 19.8 Å². The van der Waals surface area contributed by atoms with Crippen molar-refractivity contribution in [2.75, 3.05) is 0 Å². The van der Waals surface area contributed by atoms with E-state index in [0.717, 1.165) is 5.92 Å². The molecule has 0 amide bonds. The molecule has 2 N–H and O–H groups in total. The van der Waals surface area contributed by atoms with Gasteiger partial charge in [0.25, 0.3) is 0 Å². The lowest BCUT2D eigenvalue weighted by Gasteiger charge is -2.25. The SMILES string of the molecule is CC[C@H]1CCC[C@]1(C)N. The van der Waals surface area contributed by atoms with Crippen LogP contribution in [0.15, 0.2) is 0 Å². The summed E-state index contributed by atoms with van der Waals surface area (Å²) >= 11 is 0. The molecular weight excluding hydrogens is 110 g/mol. The quantitative estimate of drug-likeness (QED) is 0.572. The van der Waals surface area contributed by atoms with E-state index in [1.165, 1.54) is 25.7 Å². The molecule has 0 aromatic rings. The number of nitrogens with two attached hydrogens (primary N) is 1.